The van der Waals surface area contributed by atoms with E-state index in [2.05, 4.69) is 11.2 Å². The van der Waals surface area contributed by atoms with Gasteiger partial charge in [0.05, 0.1) is 17.1 Å². The Morgan fingerprint density at radius 3 is 2.48 bits per heavy atom. The molecule has 0 amide bonds. The molecule has 1 heterocycles. The number of nitrogens with zero attached hydrogens (tertiary/aromatic N) is 3. The minimum Gasteiger partial charge on any atom is -0.487 e. The minimum atomic E-state index is -0.319. The fourth-order valence-electron chi connectivity index (χ4n) is 2.32. The largest absolute Gasteiger partial charge is 0.487 e. The molecule has 0 saturated heterocycles. The molecule has 0 N–H and O–H groups in total. The summed E-state index contributed by atoms with van der Waals surface area (Å²) in [4.78, 5) is 0. The summed E-state index contributed by atoms with van der Waals surface area (Å²) in [5, 5.41) is 13.8. The van der Waals surface area contributed by atoms with Crippen LogP contribution in [0.2, 0.25) is 0 Å². The van der Waals surface area contributed by atoms with E-state index in [1.807, 2.05) is 30.3 Å². The summed E-state index contributed by atoms with van der Waals surface area (Å²) in [5.74, 6) is 0.217. The highest BCUT2D eigenvalue weighted by molar-refractivity contribution is 5.43. The average molecular weight is 307 g/mol. The molecular formula is C18H14FN3O. The van der Waals surface area contributed by atoms with Gasteiger partial charge in [-0.1, -0.05) is 18.2 Å². The summed E-state index contributed by atoms with van der Waals surface area (Å²) >= 11 is 0. The van der Waals surface area contributed by atoms with Gasteiger partial charge in [0.15, 0.2) is 0 Å². The molecule has 0 saturated carbocycles. The molecule has 3 aromatic rings. The van der Waals surface area contributed by atoms with Gasteiger partial charge in [-0.15, -0.1) is 0 Å². The van der Waals surface area contributed by atoms with Gasteiger partial charge in [-0.3, -0.25) is 0 Å². The van der Waals surface area contributed by atoms with Gasteiger partial charge < -0.3 is 4.74 Å². The molecule has 0 unspecified atom stereocenters. The van der Waals surface area contributed by atoms with Crippen LogP contribution < -0.4 is 4.74 Å². The molecule has 3 rings (SSSR count). The first-order valence-corrected chi connectivity index (χ1v) is 7.11. The van der Waals surface area contributed by atoms with Crippen molar-refractivity contribution in [2.45, 2.75) is 13.5 Å². The lowest BCUT2D eigenvalue weighted by Gasteiger charge is -2.09. The average Bonchev–Trinajstić information content (AvgIpc) is 2.91. The first-order chi connectivity index (χ1) is 11.2. The molecule has 0 atom stereocenters. The summed E-state index contributed by atoms with van der Waals surface area (Å²) in [5.41, 5.74) is 2.67. The van der Waals surface area contributed by atoms with E-state index in [0.29, 0.717) is 22.7 Å². The normalized spacial score (nSPS) is 10.3. The lowest BCUT2D eigenvalue weighted by molar-refractivity contribution is 0.297. The topological polar surface area (TPSA) is 50.8 Å². The van der Waals surface area contributed by atoms with E-state index < -0.39 is 0 Å². The van der Waals surface area contributed by atoms with E-state index in [0.717, 1.165) is 5.69 Å². The molecule has 23 heavy (non-hydrogen) atoms. The molecule has 5 heteroatoms. The zero-order valence-electron chi connectivity index (χ0n) is 12.5. The van der Waals surface area contributed by atoms with Gasteiger partial charge in [0, 0.05) is 0 Å². The van der Waals surface area contributed by atoms with Crippen molar-refractivity contribution < 1.29 is 9.13 Å². The van der Waals surface area contributed by atoms with Crippen LogP contribution in [0.5, 0.6) is 5.75 Å². The van der Waals surface area contributed by atoms with Crippen LogP contribution >= 0.6 is 0 Å². The Bertz CT molecular complexity index is 848. The molecule has 2 aromatic carbocycles. The summed E-state index contributed by atoms with van der Waals surface area (Å²) in [6.45, 7) is 1.96. The lowest BCUT2D eigenvalue weighted by Crippen LogP contribution is -2.07. The Kier molecular flexibility index (Phi) is 4.07. The molecule has 0 spiro atoms. The second-order valence-electron chi connectivity index (χ2n) is 5.01. The minimum absolute atomic E-state index is 0.171. The maximum absolute atomic E-state index is 12.9. The number of hydrogen-bond acceptors (Lipinski definition) is 3. The summed E-state index contributed by atoms with van der Waals surface area (Å²) in [6, 6.07) is 17.5. The number of hydrogen-bond donors (Lipinski definition) is 0. The second-order valence-corrected chi connectivity index (χ2v) is 5.01. The van der Waals surface area contributed by atoms with Crippen LogP contribution in [-0.2, 0) is 6.61 Å². The Morgan fingerprint density at radius 1 is 1.13 bits per heavy atom. The van der Waals surface area contributed by atoms with Gasteiger partial charge in [0.1, 0.15) is 29.8 Å². The molecule has 4 nitrogen and oxygen atoms in total. The Morgan fingerprint density at radius 2 is 1.83 bits per heavy atom. The maximum atomic E-state index is 12.9. The highest BCUT2D eigenvalue weighted by atomic mass is 19.1. The number of halogens is 1. The van der Waals surface area contributed by atoms with Gasteiger partial charge in [-0.05, 0) is 43.3 Å². The predicted octanol–water partition coefficient (Wildman–Crippen LogP) is 3.77. The van der Waals surface area contributed by atoms with Crippen molar-refractivity contribution in [2.24, 2.45) is 0 Å². The molecule has 114 valence electrons. The molecule has 0 aliphatic carbocycles. The van der Waals surface area contributed by atoms with E-state index in [1.165, 1.54) is 12.1 Å². The van der Waals surface area contributed by atoms with Crippen molar-refractivity contribution in [3.05, 3.63) is 77.4 Å². The van der Waals surface area contributed by atoms with Crippen LogP contribution in [0.4, 0.5) is 4.39 Å². The first-order valence-electron chi connectivity index (χ1n) is 7.11. The van der Waals surface area contributed by atoms with E-state index in [1.54, 1.807) is 23.7 Å². The monoisotopic (exact) mass is 307 g/mol. The predicted molar refractivity (Wildman–Crippen MR) is 83.7 cm³/mol. The van der Waals surface area contributed by atoms with Gasteiger partial charge in [0.25, 0.3) is 0 Å². The number of benzene rings is 2. The Hall–Kier alpha value is -3.13. The highest BCUT2D eigenvalue weighted by Gasteiger charge is 2.16. The van der Waals surface area contributed by atoms with Gasteiger partial charge in [-0.2, -0.15) is 10.4 Å². The van der Waals surface area contributed by atoms with E-state index >= 15 is 0 Å². The third kappa shape index (κ3) is 3.06. The smallest absolute Gasteiger partial charge is 0.132 e. The van der Waals surface area contributed by atoms with Crippen LogP contribution in [0.3, 0.4) is 0 Å². The number of aromatic nitrogens is 2. The van der Waals surface area contributed by atoms with Crippen LogP contribution in [0, 0.1) is 24.1 Å². The van der Waals surface area contributed by atoms with Crippen LogP contribution in [-0.4, -0.2) is 9.78 Å². The third-order valence-corrected chi connectivity index (χ3v) is 3.46. The SMILES string of the molecule is Cc1nn(-c2ccccc2)c(COc2ccc(F)cc2)c1C#N. The fourth-order valence-corrected chi connectivity index (χ4v) is 2.32. The van der Waals surface area contributed by atoms with E-state index in [9.17, 15) is 9.65 Å². The quantitative estimate of drug-likeness (QED) is 0.737. The zero-order chi connectivity index (χ0) is 16.2. The number of aryl methyl sites for hydroxylation is 1. The van der Waals surface area contributed by atoms with Gasteiger partial charge in [-0.25, -0.2) is 9.07 Å². The number of rotatable bonds is 4. The Balaban J connectivity index is 1.94. The fraction of sp³-hybridized carbons (Fsp3) is 0.111. The Labute approximate surface area is 133 Å². The number of ether oxygens (including phenoxy) is 1. The van der Waals surface area contributed by atoms with E-state index in [-0.39, 0.29) is 12.4 Å². The highest BCUT2D eigenvalue weighted by Crippen LogP contribution is 2.20. The molecule has 0 fully saturated rings. The summed E-state index contributed by atoms with van der Waals surface area (Å²) in [6.07, 6.45) is 0. The molecule has 1 aromatic heterocycles. The van der Waals surface area contributed by atoms with Crippen LogP contribution in [0.15, 0.2) is 54.6 Å². The van der Waals surface area contributed by atoms with Crippen molar-refractivity contribution in [1.82, 2.24) is 9.78 Å². The molecular weight excluding hydrogens is 293 g/mol. The molecule has 0 aliphatic rings. The number of para-hydroxylation sites is 1. The molecule has 0 aliphatic heterocycles. The maximum Gasteiger partial charge on any atom is 0.132 e. The van der Waals surface area contributed by atoms with Crippen molar-refractivity contribution in [3.63, 3.8) is 0 Å². The number of nitriles is 1. The molecule has 0 bridgehead atoms. The van der Waals surface area contributed by atoms with Crippen molar-refractivity contribution in [2.75, 3.05) is 0 Å². The van der Waals surface area contributed by atoms with Gasteiger partial charge in [0.2, 0.25) is 0 Å². The third-order valence-electron chi connectivity index (χ3n) is 3.46. The first kappa shape index (κ1) is 14.8. The van der Waals surface area contributed by atoms with Crippen molar-refractivity contribution in [1.29, 1.82) is 5.26 Å². The summed E-state index contributed by atoms with van der Waals surface area (Å²) < 4.78 is 20.3. The zero-order valence-corrected chi connectivity index (χ0v) is 12.5. The van der Waals surface area contributed by atoms with E-state index in [4.69, 9.17) is 4.74 Å². The van der Waals surface area contributed by atoms with Gasteiger partial charge >= 0.3 is 0 Å². The standard InChI is InChI=1S/C18H14FN3O/c1-13-17(11-20)18(12-23-16-9-7-14(19)8-10-16)22(21-13)15-5-3-2-4-6-15/h2-10H,12H2,1H3. The lowest BCUT2D eigenvalue weighted by atomic mass is 10.2. The van der Waals surface area contributed by atoms with Crippen LogP contribution in [0.25, 0.3) is 5.69 Å². The second kappa shape index (κ2) is 6.32. The molecule has 0 radical (unpaired) electrons. The van der Waals surface area contributed by atoms with Crippen molar-refractivity contribution >= 4 is 0 Å². The van der Waals surface area contributed by atoms with Crippen LogP contribution in [0.1, 0.15) is 17.0 Å². The summed E-state index contributed by atoms with van der Waals surface area (Å²) in [7, 11) is 0. The van der Waals surface area contributed by atoms with Crippen molar-refractivity contribution in [3.8, 4) is 17.5 Å².